The number of carboxylic acid groups (broad SMARTS) is 1. The standard InChI is InChI=1S/C31H34O4S.C3H4/c32-31(33)13-7-22-5-9-27(10-6-22)34-21-24-4-8-25-2-1-3-26-19-28(11-12-29(26)30(25)18-24)35-20-23-14-16-36-17-15-23;1-3-2/h4-6,8-12,18-19,23H,1-3,7,13-17,20-21H2,(H,32,33);1H,2H3. The molecular weight excluding hydrogens is 504 g/mol. The highest BCUT2D eigenvalue weighted by molar-refractivity contribution is 7.99. The third kappa shape index (κ3) is 8.57. The fourth-order valence-corrected chi connectivity index (χ4v) is 6.28. The van der Waals surface area contributed by atoms with E-state index in [0.717, 1.165) is 48.5 Å². The molecule has 0 saturated carbocycles. The van der Waals surface area contributed by atoms with Gasteiger partial charge < -0.3 is 14.6 Å². The Morgan fingerprint density at radius 3 is 2.36 bits per heavy atom. The van der Waals surface area contributed by atoms with Gasteiger partial charge in [0.05, 0.1) is 6.61 Å². The summed E-state index contributed by atoms with van der Waals surface area (Å²) in [5, 5.41) is 8.86. The molecule has 0 radical (unpaired) electrons. The van der Waals surface area contributed by atoms with Crippen molar-refractivity contribution < 1.29 is 19.4 Å². The Morgan fingerprint density at radius 1 is 0.923 bits per heavy atom. The summed E-state index contributed by atoms with van der Waals surface area (Å²) in [5.41, 5.74) is 7.55. The van der Waals surface area contributed by atoms with Crippen LogP contribution in [0.3, 0.4) is 0 Å². The van der Waals surface area contributed by atoms with Gasteiger partial charge in [-0.1, -0.05) is 30.3 Å². The Bertz CT molecular complexity index is 1270. The molecular formula is C34H38O4S. The number of carbonyl (C=O) groups is 1. The topological polar surface area (TPSA) is 55.8 Å². The van der Waals surface area contributed by atoms with Crippen LogP contribution in [-0.2, 0) is 30.7 Å². The minimum absolute atomic E-state index is 0.143. The number of aryl methyl sites for hydroxylation is 3. The zero-order chi connectivity index (χ0) is 27.5. The van der Waals surface area contributed by atoms with Gasteiger partial charge in [-0.15, -0.1) is 12.3 Å². The molecule has 0 spiro atoms. The zero-order valence-electron chi connectivity index (χ0n) is 22.8. The summed E-state index contributed by atoms with van der Waals surface area (Å²) in [6.07, 6.45) is 11.1. The van der Waals surface area contributed by atoms with Crippen molar-refractivity contribution in [2.24, 2.45) is 5.92 Å². The molecule has 0 bridgehead atoms. The maximum atomic E-state index is 10.8. The van der Waals surface area contributed by atoms with Gasteiger partial charge >= 0.3 is 5.97 Å². The van der Waals surface area contributed by atoms with E-state index in [0.29, 0.717) is 18.9 Å². The number of benzene rings is 3. The minimum Gasteiger partial charge on any atom is -0.493 e. The molecule has 1 aliphatic carbocycles. The van der Waals surface area contributed by atoms with Crippen LogP contribution in [0.1, 0.15) is 54.9 Å². The quantitative estimate of drug-likeness (QED) is 0.282. The first-order valence-corrected chi connectivity index (χ1v) is 15.0. The van der Waals surface area contributed by atoms with E-state index in [4.69, 9.17) is 14.6 Å². The molecule has 4 nitrogen and oxygen atoms in total. The smallest absolute Gasteiger partial charge is 0.303 e. The molecule has 0 unspecified atom stereocenters. The molecule has 3 aromatic carbocycles. The second-order valence-electron chi connectivity index (χ2n) is 10.1. The average molecular weight is 543 g/mol. The van der Waals surface area contributed by atoms with Crippen LogP contribution in [0.5, 0.6) is 11.5 Å². The Labute approximate surface area is 237 Å². The summed E-state index contributed by atoms with van der Waals surface area (Å²) in [5.74, 6) is 6.49. The number of hydrogen-bond acceptors (Lipinski definition) is 4. The van der Waals surface area contributed by atoms with Crippen molar-refractivity contribution in [1.29, 1.82) is 0 Å². The lowest BCUT2D eigenvalue weighted by Gasteiger charge is -2.22. The summed E-state index contributed by atoms with van der Waals surface area (Å²) in [4.78, 5) is 10.8. The first-order valence-electron chi connectivity index (χ1n) is 13.8. The highest BCUT2D eigenvalue weighted by atomic mass is 32.2. The first-order chi connectivity index (χ1) is 19.1. The van der Waals surface area contributed by atoms with E-state index < -0.39 is 5.97 Å². The Balaban J connectivity index is 0.00000112. The number of rotatable bonds is 9. The second kappa shape index (κ2) is 14.7. The number of carboxylic acids is 1. The van der Waals surface area contributed by atoms with Gasteiger partial charge in [-0.3, -0.25) is 4.79 Å². The van der Waals surface area contributed by atoms with Gasteiger partial charge in [-0.2, -0.15) is 11.8 Å². The van der Waals surface area contributed by atoms with E-state index in [1.807, 2.05) is 24.3 Å². The van der Waals surface area contributed by atoms with Crippen molar-refractivity contribution in [2.45, 2.75) is 58.5 Å². The van der Waals surface area contributed by atoms with Gasteiger partial charge in [0.15, 0.2) is 0 Å². The Kier molecular flexibility index (Phi) is 10.8. The van der Waals surface area contributed by atoms with Crippen LogP contribution in [0.25, 0.3) is 11.1 Å². The summed E-state index contributed by atoms with van der Waals surface area (Å²) in [6.45, 7) is 2.98. The predicted molar refractivity (Wildman–Crippen MR) is 161 cm³/mol. The molecule has 39 heavy (non-hydrogen) atoms. The summed E-state index contributed by atoms with van der Waals surface area (Å²) in [7, 11) is 0. The van der Waals surface area contributed by atoms with Gasteiger partial charge in [-0.05, 0) is 127 Å². The van der Waals surface area contributed by atoms with Crippen LogP contribution in [0.2, 0.25) is 0 Å². The Hall–Kier alpha value is -3.36. The summed E-state index contributed by atoms with van der Waals surface area (Å²) < 4.78 is 12.3. The highest BCUT2D eigenvalue weighted by Crippen LogP contribution is 2.36. The number of thioether (sulfide) groups is 1. The normalized spacial score (nSPS) is 14.5. The van der Waals surface area contributed by atoms with Gasteiger partial charge in [-0.25, -0.2) is 0 Å². The van der Waals surface area contributed by atoms with Crippen molar-refractivity contribution in [3.8, 4) is 35.0 Å². The van der Waals surface area contributed by atoms with E-state index in [2.05, 4.69) is 60.5 Å². The minimum atomic E-state index is -0.775. The summed E-state index contributed by atoms with van der Waals surface area (Å²) in [6, 6.07) is 21.1. The van der Waals surface area contributed by atoms with E-state index in [9.17, 15) is 4.79 Å². The lowest BCUT2D eigenvalue weighted by atomic mass is 9.95. The molecule has 5 heteroatoms. The van der Waals surface area contributed by atoms with Crippen molar-refractivity contribution in [3.63, 3.8) is 0 Å². The second-order valence-corrected chi connectivity index (χ2v) is 11.4. The number of aliphatic carboxylic acids is 1. The molecule has 0 amide bonds. The van der Waals surface area contributed by atoms with Crippen LogP contribution in [-0.4, -0.2) is 29.2 Å². The van der Waals surface area contributed by atoms with E-state index >= 15 is 0 Å². The van der Waals surface area contributed by atoms with E-state index in [1.165, 1.54) is 46.6 Å². The van der Waals surface area contributed by atoms with Crippen molar-refractivity contribution in [1.82, 2.24) is 0 Å². The van der Waals surface area contributed by atoms with Crippen molar-refractivity contribution in [3.05, 3.63) is 82.9 Å². The van der Waals surface area contributed by atoms with Crippen LogP contribution in [0.4, 0.5) is 0 Å². The van der Waals surface area contributed by atoms with Crippen LogP contribution >= 0.6 is 11.8 Å². The van der Waals surface area contributed by atoms with Crippen molar-refractivity contribution >= 4 is 17.7 Å². The maximum absolute atomic E-state index is 10.8. The number of fused-ring (bicyclic) bond motifs is 3. The van der Waals surface area contributed by atoms with E-state index in [-0.39, 0.29) is 6.42 Å². The fraction of sp³-hybridized carbons (Fsp3) is 0.382. The third-order valence-corrected chi connectivity index (χ3v) is 8.27. The van der Waals surface area contributed by atoms with Gasteiger partial charge in [0.2, 0.25) is 0 Å². The molecule has 1 saturated heterocycles. The highest BCUT2D eigenvalue weighted by Gasteiger charge is 2.18. The summed E-state index contributed by atoms with van der Waals surface area (Å²) >= 11 is 2.06. The number of ether oxygens (including phenoxy) is 2. The van der Waals surface area contributed by atoms with Gasteiger partial charge in [0.1, 0.15) is 18.1 Å². The van der Waals surface area contributed by atoms with Crippen LogP contribution < -0.4 is 9.47 Å². The molecule has 1 heterocycles. The zero-order valence-corrected chi connectivity index (χ0v) is 23.6. The van der Waals surface area contributed by atoms with Crippen LogP contribution in [0.15, 0.2) is 60.7 Å². The molecule has 204 valence electrons. The molecule has 0 atom stereocenters. The molecule has 1 aliphatic heterocycles. The molecule has 2 aliphatic rings. The van der Waals surface area contributed by atoms with Crippen molar-refractivity contribution in [2.75, 3.05) is 18.1 Å². The van der Waals surface area contributed by atoms with E-state index in [1.54, 1.807) is 6.92 Å². The Morgan fingerprint density at radius 2 is 1.62 bits per heavy atom. The van der Waals surface area contributed by atoms with Gasteiger partial charge in [0, 0.05) is 6.42 Å². The maximum Gasteiger partial charge on any atom is 0.303 e. The SMILES string of the molecule is C#CC.O=C(O)CCc1ccc(OCc2ccc3c(c2)-c2ccc(OCC4CCSCC4)cc2CCC3)cc1. The average Bonchev–Trinajstić information content (AvgIpc) is 3.14. The first kappa shape index (κ1) is 28.6. The number of hydrogen-bond donors (Lipinski definition) is 1. The molecule has 5 rings (SSSR count). The largest absolute Gasteiger partial charge is 0.493 e. The fourth-order valence-electron chi connectivity index (χ4n) is 5.08. The monoisotopic (exact) mass is 542 g/mol. The number of terminal acetylenes is 1. The molecule has 1 fully saturated rings. The van der Waals surface area contributed by atoms with Crippen LogP contribution in [0, 0.1) is 18.3 Å². The molecule has 3 aromatic rings. The third-order valence-electron chi connectivity index (χ3n) is 7.22. The van der Waals surface area contributed by atoms with Gasteiger partial charge in [0.25, 0.3) is 0 Å². The predicted octanol–water partition coefficient (Wildman–Crippen LogP) is 7.60. The molecule has 0 aromatic heterocycles. The lowest BCUT2D eigenvalue weighted by Crippen LogP contribution is -2.17. The lowest BCUT2D eigenvalue weighted by molar-refractivity contribution is -0.136. The molecule has 1 N–H and O–H groups in total.